The third-order valence-electron chi connectivity index (χ3n) is 3.63. The van der Waals surface area contributed by atoms with E-state index < -0.39 is 0 Å². The van der Waals surface area contributed by atoms with Crippen LogP contribution in [0.4, 0.5) is 0 Å². The molecule has 0 spiro atoms. The summed E-state index contributed by atoms with van der Waals surface area (Å²) in [7, 11) is 2.05. The average Bonchev–Trinajstić information content (AvgIpc) is 2.73. The first-order chi connectivity index (χ1) is 8.27. The number of nitrogens with one attached hydrogen (secondary N) is 1. The van der Waals surface area contributed by atoms with E-state index in [1.807, 2.05) is 31.2 Å². The van der Waals surface area contributed by atoms with Crippen molar-refractivity contribution in [3.63, 3.8) is 0 Å². The van der Waals surface area contributed by atoms with Gasteiger partial charge in [-0.1, -0.05) is 31.5 Å². The van der Waals surface area contributed by atoms with Crippen molar-refractivity contribution in [1.29, 1.82) is 0 Å². The number of aromatic nitrogens is 2. The largest absolute Gasteiger partial charge is 0.329 e. The summed E-state index contributed by atoms with van der Waals surface area (Å²) in [6, 6.07) is 0.741. The van der Waals surface area contributed by atoms with E-state index >= 15 is 0 Å². The van der Waals surface area contributed by atoms with Crippen LogP contribution in [0.2, 0.25) is 0 Å². The fraction of sp³-hybridized carbons (Fsp3) is 0.769. The van der Waals surface area contributed by atoms with Crippen LogP contribution in [-0.4, -0.2) is 27.9 Å². The molecule has 1 aliphatic rings. The summed E-state index contributed by atoms with van der Waals surface area (Å²) in [5, 5.41) is 4.81. The number of imidazole rings is 1. The third-order valence-corrected chi connectivity index (χ3v) is 4.69. The summed E-state index contributed by atoms with van der Waals surface area (Å²) in [5.41, 5.74) is 0. The Bertz CT molecular complexity index is 337. The maximum Gasteiger partial charge on any atom is 0.167 e. The Kier molecular flexibility index (Phi) is 4.92. The molecule has 1 saturated carbocycles. The molecule has 4 heteroatoms. The van der Waals surface area contributed by atoms with Crippen molar-refractivity contribution in [2.45, 2.75) is 43.8 Å². The zero-order valence-electron chi connectivity index (χ0n) is 10.9. The van der Waals surface area contributed by atoms with Crippen molar-refractivity contribution in [2.24, 2.45) is 13.0 Å². The standard InChI is InChI=1S/C13H23N3S/c1-11-5-3-4-6-12(11)14-8-10-17-13-15-7-9-16(13)2/h7,9,11-12,14H,3-6,8,10H2,1-2H3. The lowest BCUT2D eigenvalue weighted by atomic mass is 9.86. The highest BCUT2D eigenvalue weighted by Gasteiger charge is 2.20. The molecule has 2 unspecified atom stereocenters. The molecule has 2 rings (SSSR count). The molecule has 1 fully saturated rings. The summed E-state index contributed by atoms with van der Waals surface area (Å²) in [6.07, 6.45) is 9.42. The molecule has 96 valence electrons. The molecule has 2 atom stereocenters. The van der Waals surface area contributed by atoms with Crippen LogP contribution in [-0.2, 0) is 7.05 Å². The van der Waals surface area contributed by atoms with Crippen LogP contribution in [0.5, 0.6) is 0 Å². The van der Waals surface area contributed by atoms with Crippen LogP contribution in [0.15, 0.2) is 17.6 Å². The van der Waals surface area contributed by atoms with Gasteiger partial charge in [0.15, 0.2) is 5.16 Å². The van der Waals surface area contributed by atoms with Gasteiger partial charge < -0.3 is 9.88 Å². The molecular formula is C13H23N3S. The second-order valence-electron chi connectivity index (χ2n) is 4.99. The lowest BCUT2D eigenvalue weighted by molar-refractivity contribution is 0.285. The lowest BCUT2D eigenvalue weighted by Gasteiger charge is -2.29. The minimum atomic E-state index is 0.741. The van der Waals surface area contributed by atoms with Gasteiger partial charge in [-0.25, -0.2) is 4.98 Å². The second kappa shape index (κ2) is 6.45. The zero-order valence-corrected chi connectivity index (χ0v) is 11.7. The average molecular weight is 253 g/mol. The normalized spacial score (nSPS) is 25.1. The molecule has 0 aliphatic heterocycles. The van der Waals surface area contributed by atoms with Gasteiger partial charge in [0.05, 0.1) is 0 Å². The van der Waals surface area contributed by atoms with Crippen LogP contribution in [0.25, 0.3) is 0 Å². The van der Waals surface area contributed by atoms with Crippen LogP contribution in [0.3, 0.4) is 0 Å². The minimum absolute atomic E-state index is 0.741. The Morgan fingerprint density at radius 3 is 3.00 bits per heavy atom. The first-order valence-electron chi connectivity index (χ1n) is 6.61. The van der Waals surface area contributed by atoms with Gasteiger partial charge in [-0.05, 0) is 18.8 Å². The molecule has 0 bridgehead atoms. The molecule has 0 aromatic carbocycles. The molecule has 17 heavy (non-hydrogen) atoms. The SMILES string of the molecule is CC1CCCCC1NCCSc1nccn1C. The highest BCUT2D eigenvalue weighted by atomic mass is 32.2. The summed E-state index contributed by atoms with van der Waals surface area (Å²) in [4.78, 5) is 4.31. The molecule has 1 N–H and O–H groups in total. The zero-order chi connectivity index (χ0) is 12.1. The molecule has 0 saturated heterocycles. The van der Waals surface area contributed by atoms with E-state index in [9.17, 15) is 0 Å². The smallest absolute Gasteiger partial charge is 0.167 e. The van der Waals surface area contributed by atoms with Crippen LogP contribution in [0, 0.1) is 5.92 Å². The summed E-state index contributed by atoms with van der Waals surface area (Å²) >= 11 is 1.83. The third kappa shape index (κ3) is 3.75. The first-order valence-corrected chi connectivity index (χ1v) is 7.59. The Morgan fingerprint density at radius 2 is 2.29 bits per heavy atom. The first kappa shape index (κ1) is 13.0. The lowest BCUT2D eigenvalue weighted by Crippen LogP contribution is -2.38. The number of hydrogen-bond acceptors (Lipinski definition) is 3. The number of hydrogen-bond donors (Lipinski definition) is 1. The fourth-order valence-electron chi connectivity index (χ4n) is 2.50. The van der Waals surface area contributed by atoms with Crippen molar-refractivity contribution < 1.29 is 0 Å². The predicted molar refractivity (Wildman–Crippen MR) is 73.4 cm³/mol. The van der Waals surface area contributed by atoms with E-state index in [4.69, 9.17) is 0 Å². The number of nitrogens with zero attached hydrogens (tertiary/aromatic N) is 2. The Hall–Kier alpha value is -0.480. The Balaban J connectivity index is 1.64. The summed E-state index contributed by atoms with van der Waals surface area (Å²) in [5.74, 6) is 1.95. The van der Waals surface area contributed by atoms with Gasteiger partial charge in [0, 0.05) is 37.8 Å². The van der Waals surface area contributed by atoms with Crippen molar-refractivity contribution in [1.82, 2.24) is 14.9 Å². The topological polar surface area (TPSA) is 29.9 Å². The number of rotatable bonds is 5. The Morgan fingerprint density at radius 1 is 1.47 bits per heavy atom. The van der Waals surface area contributed by atoms with Gasteiger partial charge in [-0.3, -0.25) is 0 Å². The van der Waals surface area contributed by atoms with E-state index in [0.29, 0.717) is 0 Å². The van der Waals surface area contributed by atoms with Crippen LogP contribution in [0.1, 0.15) is 32.6 Å². The van der Waals surface area contributed by atoms with Crippen LogP contribution >= 0.6 is 11.8 Å². The van der Waals surface area contributed by atoms with E-state index in [0.717, 1.165) is 29.4 Å². The number of thioether (sulfide) groups is 1. The van der Waals surface area contributed by atoms with Gasteiger partial charge in [0.25, 0.3) is 0 Å². The molecular weight excluding hydrogens is 230 g/mol. The minimum Gasteiger partial charge on any atom is -0.329 e. The highest BCUT2D eigenvalue weighted by Crippen LogP contribution is 2.23. The maximum absolute atomic E-state index is 4.31. The fourth-order valence-corrected chi connectivity index (χ4v) is 3.30. The van der Waals surface area contributed by atoms with Gasteiger partial charge in [-0.15, -0.1) is 0 Å². The summed E-state index contributed by atoms with van der Waals surface area (Å²) < 4.78 is 2.08. The van der Waals surface area contributed by atoms with Crippen LogP contribution < -0.4 is 5.32 Å². The molecule has 1 aliphatic carbocycles. The van der Waals surface area contributed by atoms with E-state index in [-0.39, 0.29) is 0 Å². The molecule has 0 radical (unpaired) electrons. The molecule has 1 aromatic rings. The van der Waals surface area contributed by atoms with Gasteiger partial charge in [-0.2, -0.15) is 0 Å². The van der Waals surface area contributed by atoms with Crippen molar-refractivity contribution >= 4 is 11.8 Å². The highest BCUT2D eigenvalue weighted by molar-refractivity contribution is 7.99. The molecule has 3 nitrogen and oxygen atoms in total. The monoisotopic (exact) mass is 253 g/mol. The van der Waals surface area contributed by atoms with E-state index in [1.165, 1.54) is 25.7 Å². The number of aryl methyl sites for hydroxylation is 1. The molecule has 0 amide bonds. The maximum atomic E-state index is 4.31. The molecule has 1 aromatic heterocycles. The summed E-state index contributed by atoms with van der Waals surface area (Å²) in [6.45, 7) is 3.47. The quantitative estimate of drug-likeness (QED) is 0.646. The van der Waals surface area contributed by atoms with Gasteiger partial charge in [0.1, 0.15) is 0 Å². The van der Waals surface area contributed by atoms with Crippen molar-refractivity contribution in [3.05, 3.63) is 12.4 Å². The Labute approximate surface area is 108 Å². The van der Waals surface area contributed by atoms with E-state index in [2.05, 4.69) is 21.8 Å². The van der Waals surface area contributed by atoms with Crippen molar-refractivity contribution in [2.75, 3.05) is 12.3 Å². The molecule has 1 heterocycles. The van der Waals surface area contributed by atoms with E-state index in [1.54, 1.807) is 0 Å². The second-order valence-corrected chi connectivity index (χ2v) is 6.05. The van der Waals surface area contributed by atoms with Crippen molar-refractivity contribution in [3.8, 4) is 0 Å². The van der Waals surface area contributed by atoms with Gasteiger partial charge >= 0.3 is 0 Å². The predicted octanol–water partition coefficient (Wildman–Crippen LogP) is 2.68. The van der Waals surface area contributed by atoms with Gasteiger partial charge in [0.2, 0.25) is 0 Å².